The van der Waals surface area contributed by atoms with Crippen molar-refractivity contribution >= 4 is 41.8 Å². The van der Waals surface area contributed by atoms with Crippen molar-refractivity contribution < 1.29 is 47.7 Å². The highest BCUT2D eigenvalue weighted by atomic mass is 16.6. The summed E-state index contributed by atoms with van der Waals surface area (Å²) >= 11 is 0. The Morgan fingerprint density at radius 3 is 1.41 bits per heavy atom. The molecule has 0 saturated carbocycles. The quantitative estimate of drug-likeness (QED) is 0.0762. The molecular weight excluding hydrogens is 867 g/mol. The van der Waals surface area contributed by atoms with Crippen LogP contribution in [0.25, 0.3) is 6.08 Å². The molecule has 376 valence electrons. The van der Waals surface area contributed by atoms with Crippen LogP contribution in [0.4, 0.5) is 0 Å². The molecule has 0 aliphatic carbocycles. The van der Waals surface area contributed by atoms with E-state index >= 15 is 0 Å². The van der Waals surface area contributed by atoms with Gasteiger partial charge >= 0.3 is 23.9 Å². The topological polar surface area (TPSA) is 156 Å². The molecule has 2 aromatic rings. The molecule has 0 radical (unpaired) electrons. The van der Waals surface area contributed by atoms with Crippen LogP contribution in [-0.2, 0) is 44.5 Å². The first-order valence-electron chi connectivity index (χ1n) is 24.1. The number of unbranched alkanes of at least 4 members (excludes halogenated alkanes) is 2. The lowest BCUT2D eigenvalue weighted by Crippen LogP contribution is -2.54. The van der Waals surface area contributed by atoms with E-state index in [-0.39, 0.29) is 67.9 Å². The first kappa shape index (κ1) is 55.6. The van der Waals surface area contributed by atoms with Gasteiger partial charge in [0.15, 0.2) is 0 Å². The number of hydrogen-bond acceptors (Lipinski definition) is 14. The summed E-state index contributed by atoms with van der Waals surface area (Å²) in [6.45, 7) is 25.1. The number of fused-ring (bicyclic) bond motifs is 1. The van der Waals surface area contributed by atoms with Gasteiger partial charge in [-0.3, -0.25) is 53.3 Å². The monoisotopic (exact) mass is 946 g/mol. The zero-order valence-electron chi connectivity index (χ0n) is 43.0. The second-order valence-electron chi connectivity index (χ2n) is 21.9. The van der Waals surface area contributed by atoms with Gasteiger partial charge < -0.3 is 18.9 Å². The molecule has 1 unspecified atom stereocenters. The van der Waals surface area contributed by atoms with E-state index < -0.39 is 22.4 Å². The van der Waals surface area contributed by atoms with Gasteiger partial charge in [0, 0.05) is 58.4 Å². The van der Waals surface area contributed by atoms with E-state index in [1.54, 1.807) is 24.3 Å². The van der Waals surface area contributed by atoms with Crippen LogP contribution in [0.2, 0.25) is 0 Å². The van der Waals surface area contributed by atoms with Crippen molar-refractivity contribution in [1.82, 2.24) is 24.5 Å². The minimum Gasteiger partial charge on any atom is -0.459 e. The van der Waals surface area contributed by atoms with Gasteiger partial charge in [0.2, 0.25) is 0 Å². The van der Waals surface area contributed by atoms with E-state index in [1.807, 2.05) is 110 Å². The Hall–Kier alpha value is -4.96. The highest BCUT2D eigenvalue weighted by Crippen LogP contribution is 2.23. The van der Waals surface area contributed by atoms with Crippen LogP contribution in [0, 0.1) is 0 Å². The number of allylic oxidation sites excluding steroid dienone is 1. The first-order chi connectivity index (χ1) is 31.6. The third-order valence-corrected chi connectivity index (χ3v) is 10.9. The van der Waals surface area contributed by atoms with Gasteiger partial charge in [0.05, 0.1) is 37.3 Å². The normalized spacial score (nSPS) is 17.9. The third kappa shape index (κ3) is 20.3. The zero-order chi connectivity index (χ0) is 50.5. The average molecular weight is 946 g/mol. The molecule has 1 atom stereocenters. The molecule has 0 spiro atoms. The van der Waals surface area contributed by atoms with E-state index in [9.17, 15) is 28.8 Å². The summed E-state index contributed by atoms with van der Waals surface area (Å²) in [5.41, 5.74) is 0.169. The third-order valence-electron chi connectivity index (χ3n) is 10.9. The Bertz CT molecular complexity index is 2020. The largest absolute Gasteiger partial charge is 0.459 e. The molecule has 4 rings (SSSR count). The molecule has 68 heavy (non-hydrogen) atoms. The van der Waals surface area contributed by atoms with Gasteiger partial charge in [-0.1, -0.05) is 48.6 Å². The van der Waals surface area contributed by atoms with Gasteiger partial charge in [-0.05, 0) is 132 Å². The molecule has 2 heterocycles. The minimum absolute atomic E-state index is 0.00876. The molecule has 2 aromatic carbocycles. The first-order valence-corrected chi connectivity index (χ1v) is 24.1. The molecule has 0 bridgehead atoms. The Balaban J connectivity index is 1.59. The van der Waals surface area contributed by atoms with E-state index in [0.29, 0.717) is 76.3 Å². The fourth-order valence-corrected chi connectivity index (χ4v) is 8.05. The van der Waals surface area contributed by atoms with Gasteiger partial charge in [-0.25, -0.2) is 0 Å². The van der Waals surface area contributed by atoms with Crippen LogP contribution in [0.5, 0.6) is 0 Å². The summed E-state index contributed by atoms with van der Waals surface area (Å²) in [7, 11) is 0. The van der Waals surface area contributed by atoms with Crippen LogP contribution in [-0.4, -0.2) is 167 Å². The average Bonchev–Trinajstić information content (AvgIpc) is 3.43. The molecule has 15 heteroatoms. The molecule has 1 fully saturated rings. The minimum atomic E-state index is -0.718. The van der Waals surface area contributed by atoms with E-state index in [1.165, 1.54) is 4.90 Å². The number of benzene rings is 2. The SMILES string of the molecule is CC(C)(C)OC(=O)CN1CCN(CC(=O)OC(C)(C)C)CCN(CC(=O)OC(C)(C)C)C(Cc2ccc(/C=C/CCCCN3C(=O)c4ccccc4C3=O)cc2)CN(CC(=O)OC(C)(C)C)CC1. The van der Waals surface area contributed by atoms with Crippen LogP contribution < -0.4 is 0 Å². The van der Waals surface area contributed by atoms with Crippen LogP contribution in [0.15, 0.2) is 54.6 Å². The van der Waals surface area contributed by atoms with Crippen molar-refractivity contribution in [3.05, 3.63) is 76.9 Å². The van der Waals surface area contributed by atoms with Crippen molar-refractivity contribution in [2.24, 2.45) is 0 Å². The predicted octanol–water partition coefficient (Wildman–Crippen LogP) is 6.67. The van der Waals surface area contributed by atoms with Crippen molar-refractivity contribution in [2.75, 3.05) is 78.5 Å². The van der Waals surface area contributed by atoms with Crippen molar-refractivity contribution in [2.45, 2.75) is 137 Å². The second kappa shape index (κ2) is 24.5. The molecule has 1 saturated heterocycles. The summed E-state index contributed by atoms with van der Waals surface area (Å²) in [4.78, 5) is 88.7. The fraction of sp³-hybridized carbons (Fsp3) is 0.623. The molecule has 2 aliphatic heterocycles. The summed E-state index contributed by atoms with van der Waals surface area (Å²) in [6.07, 6.45) is 6.95. The smallest absolute Gasteiger partial charge is 0.320 e. The van der Waals surface area contributed by atoms with Crippen molar-refractivity contribution in [1.29, 1.82) is 0 Å². The molecule has 15 nitrogen and oxygen atoms in total. The Kier molecular flexibility index (Phi) is 20.1. The number of esters is 4. The van der Waals surface area contributed by atoms with Gasteiger partial charge in [0.1, 0.15) is 22.4 Å². The number of carbonyl (C=O) groups excluding carboxylic acids is 6. The maximum absolute atomic E-state index is 13.7. The Morgan fingerprint density at radius 1 is 0.544 bits per heavy atom. The number of rotatable bonds is 16. The molecular formula is C53H79N5O10. The lowest BCUT2D eigenvalue weighted by atomic mass is 10.0. The van der Waals surface area contributed by atoms with Crippen molar-refractivity contribution in [3.8, 4) is 0 Å². The highest BCUT2D eigenvalue weighted by molar-refractivity contribution is 6.21. The van der Waals surface area contributed by atoms with Crippen LogP contribution in [0.1, 0.15) is 134 Å². The summed E-state index contributed by atoms with van der Waals surface area (Å²) in [6, 6.07) is 14.9. The molecule has 0 N–H and O–H groups in total. The van der Waals surface area contributed by atoms with Crippen LogP contribution >= 0.6 is 0 Å². The second-order valence-corrected chi connectivity index (χ2v) is 21.9. The summed E-state index contributed by atoms with van der Waals surface area (Å²) in [5.74, 6) is -1.99. The highest BCUT2D eigenvalue weighted by Gasteiger charge is 2.35. The lowest BCUT2D eigenvalue weighted by molar-refractivity contribution is -0.160. The molecule has 2 aliphatic rings. The number of nitrogens with zero attached hydrogens (tertiary/aromatic N) is 5. The zero-order valence-corrected chi connectivity index (χ0v) is 43.0. The maximum atomic E-state index is 13.7. The standard InChI is InChI=1S/C53H79N5O10/c1-50(2,3)65-44(59)35-54-27-28-55(36-45(60)66-51(4,5)6)31-32-57(38-47(62)68-53(10,11)12)41(34-56(30-29-54)37-46(61)67-52(7,8)9)33-40-24-22-39(23-25-40)19-15-13-14-18-26-58-48(63)42-20-16-17-21-43(42)49(58)64/h15-17,19-25,41H,13-14,18,26-38H2,1-12H3/b19-15+. The lowest BCUT2D eigenvalue weighted by Gasteiger charge is -2.39. The molecule has 2 amide bonds. The van der Waals surface area contributed by atoms with E-state index in [0.717, 1.165) is 24.0 Å². The maximum Gasteiger partial charge on any atom is 0.320 e. The number of amides is 2. The van der Waals surface area contributed by atoms with E-state index in [2.05, 4.69) is 29.2 Å². The fourth-order valence-electron chi connectivity index (χ4n) is 8.05. The van der Waals surface area contributed by atoms with Gasteiger partial charge in [-0.2, -0.15) is 0 Å². The summed E-state index contributed by atoms with van der Waals surface area (Å²) in [5, 5.41) is 0. The van der Waals surface area contributed by atoms with Gasteiger partial charge in [-0.15, -0.1) is 0 Å². The summed E-state index contributed by atoms with van der Waals surface area (Å²) < 4.78 is 23.1. The predicted molar refractivity (Wildman–Crippen MR) is 263 cm³/mol. The number of hydrogen-bond donors (Lipinski definition) is 0. The molecule has 0 aromatic heterocycles. The Morgan fingerprint density at radius 2 is 0.956 bits per heavy atom. The van der Waals surface area contributed by atoms with E-state index in [4.69, 9.17) is 18.9 Å². The van der Waals surface area contributed by atoms with Crippen molar-refractivity contribution in [3.63, 3.8) is 0 Å². The Labute approximate surface area is 405 Å². The van der Waals surface area contributed by atoms with Gasteiger partial charge in [0.25, 0.3) is 11.8 Å². The number of carbonyl (C=O) groups is 6. The van der Waals surface area contributed by atoms with Crippen LogP contribution in [0.3, 0.4) is 0 Å². The number of ether oxygens (including phenoxy) is 4. The number of imide groups is 1.